The Morgan fingerprint density at radius 3 is 2.24 bits per heavy atom. The highest BCUT2D eigenvalue weighted by molar-refractivity contribution is 5.49. The van der Waals surface area contributed by atoms with Gasteiger partial charge in [-0.3, -0.25) is 0 Å². The normalized spacial score (nSPS) is 12.2. The third-order valence-corrected chi connectivity index (χ3v) is 2.68. The molecular formula is C13H15NO3. The Balaban J connectivity index is 2.49. The molecule has 4 nitrogen and oxygen atoms in total. The van der Waals surface area contributed by atoms with Crippen molar-refractivity contribution in [2.75, 3.05) is 14.2 Å². The van der Waals surface area contributed by atoms with Crippen LogP contribution in [-0.2, 0) is 0 Å². The predicted molar refractivity (Wildman–Crippen MR) is 64.3 cm³/mol. The molecule has 0 spiro atoms. The first-order valence-corrected chi connectivity index (χ1v) is 5.26. The van der Waals surface area contributed by atoms with Crippen LogP contribution in [0.15, 0.2) is 41.2 Å². The van der Waals surface area contributed by atoms with Crippen molar-refractivity contribution < 1.29 is 13.9 Å². The molecule has 2 aromatic rings. The Kier molecular flexibility index (Phi) is 3.35. The van der Waals surface area contributed by atoms with Gasteiger partial charge in [-0.15, -0.1) is 0 Å². The van der Waals surface area contributed by atoms with E-state index in [1.165, 1.54) is 0 Å². The van der Waals surface area contributed by atoms with E-state index in [0.717, 1.165) is 11.1 Å². The fourth-order valence-corrected chi connectivity index (χ4v) is 1.81. The van der Waals surface area contributed by atoms with Gasteiger partial charge in [0.2, 0.25) is 0 Å². The Hall–Kier alpha value is -1.94. The van der Waals surface area contributed by atoms with Crippen LogP contribution >= 0.6 is 0 Å². The van der Waals surface area contributed by atoms with Crippen molar-refractivity contribution in [2.24, 2.45) is 5.73 Å². The Morgan fingerprint density at radius 1 is 1.12 bits per heavy atom. The summed E-state index contributed by atoms with van der Waals surface area (Å²) in [6, 6.07) is 7.08. The molecule has 0 saturated heterocycles. The standard InChI is InChI=1S/C13H15NO3/c1-15-10-4-3-5-11(16-2)12(10)13(14)9-6-7-17-8-9/h3-8,13H,14H2,1-2H3. The van der Waals surface area contributed by atoms with Crippen LogP contribution in [0.1, 0.15) is 17.2 Å². The van der Waals surface area contributed by atoms with Crippen molar-refractivity contribution in [3.8, 4) is 11.5 Å². The average Bonchev–Trinajstić information content (AvgIpc) is 2.90. The lowest BCUT2D eigenvalue weighted by molar-refractivity contribution is 0.382. The number of methoxy groups -OCH3 is 2. The van der Waals surface area contributed by atoms with E-state index in [4.69, 9.17) is 19.6 Å². The quantitative estimate of drug-likeness (QED) is 0.880. The monoisotopic (exact) mass is 233 g/mol. The minimum Gasteiger partial charge on any atom is -0.496 e. The minimum atomic E-state index is -0.333. The first-order chi connectivity index (χ1) is 8.27. The zero-order valence-electron chi connectivity index (χ0n) is 9.84. The van der Waals surface area contributed by atoms with Gasteiger partial charge in [0.05, 0.1) is 38.4 Å². The van der Waals surface area contributed by atoms with Crippen molar-refractivity contribution in [1.29, 1.82) is 0 Å². The van der Waals surface area contributed by atoms with E-state index in [9.17, 15) is 0 Å². The maximum atomic E-state index is 6.19. The molecule has 2 N–H and O–H groups in total. The summed E-state index contributed by atoms with van der Waals surface area (Å²) in [4.78, 5) is 0. The van der Waals surface area contributed by atoms with Gasteiger partial charge in [0, 0.05) is 5.56 Å². The number of hydrogen-bond donors (Lipinski definition) is 1. The topological polar surface area (TPSA) is 57.6 Å². The molecular weight excluding hydrogens is 218 g/mol. The molecule has 0 bridgehead atoms. The van der Waals surface area contributed by atoms with Crippen LogP contribution in [0.4, 0.5) is 0 Å². The van der Waals surface area contributed by atoms with Crippen molar-refractivity contribution in [3.05, 3.63) is 47.9 Å². The number of benzene rings is 1. The van der Waals surface area contributed by atoms with E-state index in [0.29, 0.717) is 11.5 Å². The molecule has 2 rings (SSSR count). The maximum Gasteiger partial charge on any atom is 0.127 e. The molecule has 17 heavy (non-hydrogen) atoms. The molecule has 0 radical (unpaired) electrons. The third kappa shape index (κ3) is 2.12. The number of nitrogens with two attached hydrogens (primary N) is 1. The molecule has 1 aromatic carbocycles. The van der Waals surface area contributed by atoms with Gasteiger partial charge in [0.1, 0.15) is 11.5 Å². The molecule has 0 amide bonds. The van der Waals surface area contributed by atoms with Crippen LogP contribution in [0, 0.1) is 0 Å². The summed E-state index contributed by atoms with van der Waals surface area (Å²) in [5.41, 5.74) is 7.89. The first kappa shape index (κ1) is 11.5. The Labute approximate surface area is 99.9 Å². The third-order valence-electron chi connectivity index (χ3n) is 2.68. The van der Waals surface area contributed by atoms with E-state index < -0.39 is 0 Å². The predicted octanol–water partition coefficient (Wildman–Crippen LogP) is 2.34. The first-order valence-electron chi connectivity index (χ1n) is 5.26. The minimum absolute atomic E-state index is 0.333. The lowest BCUT2D eigenvalue weighted by atomic mass is 10.00. The highest BCUT2D eigenvalue weighted by Gasteiger charge is 2.19. The van der Waals surface area contributed by atoms with E-state index in [-0.39, 0.29) is 6.04 Å². The van der Waals surface area contributed by atoms with Crippen LogP contribution < -0.4 is 15.2 Å². The number of furan rings is 1. The number of rotatable bonds is 4. The summed E-state index contributed by atoms with van der Waals surface area (Å²) >= 11 is 0. The molecule has 1 atom stereocenters. The molecule has 0 fully saturated rings. The average molecular weight is 233 g/mol. The van der Waals surface area contributed by atoms with Gasteiger partial charge in [0.25, 0.3) is 0 Å². The molecule has 0 aliphatic heterocycles. The number of ether oxygens (including phenoxy) is 2. The maximum absolute atomic E-state index is 6.19. The van der Waals surface area contributed by atoms with Crippen molar-refractivity contribution in [1.82, 2.24) is 0 Å². The van der Waals surface area contributed by atoms with Gasteiger partial charge in [-0.2, -0.15) is 0 Å². The summed E-state index contributed by atoms with van der Waals surface area (Å²) in [6.45, 7) is 0. The molecule has 1 heterocycles. The second-order valence-corrected chi connectivity index (χ2v) is 3.61. The van der Waals surface area contributed by atoms with Crippen LogP contribution in [0.3, 0.4) is 0 Å². The van der Waals surface area contributed by atoms with Crippen LogP contribution in [-0.4, -0.2) is 14.2 Å². The molecule has 1 unspecified atom stereocenters. The molecule has 0 saturated carbocycles. The van der Waals surface area contributed by atoms with Gasteiger partial charge in [0.15, 0.2) is 0 Å². The Bertz CT molecular complexity index is 457. The Morgan fingerprint density at radius 2 is 1.76 bits per heavy atom. The zero-order valence-corrected chi connectivity index (χ0v) is 9.84. The van der Waals surface area contributed by atoms with E-state index in [1.807, 2.05) is 24.3 Å². The van der Waals surface area contributed by atoms with Gasteiger partial charge in [-0.1, -0.05) is 6.07 Å². The summed E-state index contributed by atoms with van der Waals surface area (Å²) in [5.74, 6) is 1.41. The van der Waals surface area contributed by atoms with Gasteiger partial charge < -0.3 is 19.6 Å². The molecule has 0 aliphatic rings. The highest BCUT2D eigenvalue weighted by atomic mass is 16.5. The lowest BCUT2D eigenvalue weighted by Gasteiger charge is -2.17. The van der Waals surface area contributed by atoms with E-state index in [2.05, 4.69) is 0 Å². The molecule has 1 aromatic heterocycles. The van der Waals surface area contributed by atoms with Crippen molar-refractivity contribution >= 4 is 0 Å². The molecule has 0 aliphatic carbocycles. The smallest absolute Gasteiger partial charge is 0.127 e. The second-order valence-electron chi connectivity index (χ2n) is 3.61. The van der Waals surface area contributed by atoms with E-state index in [1.54, 1.807) is 26.7 Å². The second kappa shape index (κ2) is 4.93. The fraction of sp³-hybridized carbons (Fsp3) is 0.231. The lowest BCUT2D eigenvalue weighted by Crippen LogP contribution is -2.13. The van der Waals surface area contributed by atoms with Crippen LogP contribution in [0.5, 0.6) is 11.5 Å². The summed E-state index contributed by atoms with van der Waals surface area (Å²) in [7, 11) is 3.22. The van der Waals surface area contributed by atoms with Crippen LogP contribution in [0.2, 0.25) is 0 Å². The van der Waals surface area contributed by atoms with Crippen molar-refractivity contribution in [2.45, 2.75) is 6.04 Å². The zero-order chi connectivity index (χ0) is 12.3. The van der Waals surface area contributed by atoms with Gasteiger partial charge in [-0.25, -0.2) is 0 Å². The molecule has 90 valence electrons. The highest BCUT2D eigenvalue weighted by Crippen LogP contribution is 2.35. The largest absolute Gasteiger partial charge is 0.496 e. The van der Waals surface area contributed by atoms with Crippen molar-refractivity contribution in [3.63, 3.8) is 0 Å². The van der Waals surface area contributed by atoms with Gasteiger partial charge in [-0.05, 0) is 18.2 Å². The number of hydrogen-bond acceptors (Lipinski definition) is 4. The summed E-state index contributed by atoms with van der Waals surface area (Å²) in [6.07, 6.45) is 3.22. The SMILES string of the molecule is COc1cccc(OC)c1C(N)c1ccoc1. The fourth-order valence-electron chi connectivity index (χ4n) is 1.81. The molecule has 4 heteroatoms. The van der Waals surface area contributed by atoms with Gasteiger partial charge >= 0.3 is 0 Å². The van der Waals surface area contributed by atoms with E-state index >= 15 is 0 Å². The van der Waals surface area contributed by atoms with Crippen LogP contribution in [0.25, 0.3) is 0 Å². The summed E-state index contributed by atoms with van der Waals surface area (Å²) in [5, 5.41) is 0. The summed E-state index contributed by atoms with van der Waals surface area (Å²) < 4.78 is 15.7.